The first-order chi connectivity index (χ1) is 6.49. The van der Waals surface area contributed by atoms with E-state index in [-0.39, 0.29) is 25.3 Å². The van der Waals surface area contributed by atoms with E-state index in [1.165, 1.54) is 0 Å². The summed E-state index contributed by atoms with van der Waals surface area (Å²) in [6, 6.07) is -0.930. The molecule has 0 aliphatic carbocycles. The van der Waals surface area contributed by atoms with Crippen molar-refractivity contribution >= 4 is 11.9 Å². The van der Waals surface area contributed by atoms with Crippen LogP contribution < -0.4 is 5.73 Å². The summed E-state index contributed by atoms with van der Waals surface area (Å²) in [5, 5.41) is 18.1. The van der Waals surface area contributed by atoms with Crippen molar-refractivity contribution in [1.29, 1.82) is 0 Å². The van der Waals surface area contributed by atoms with Crippen molar-refractivity contribution < 1.29 is 19.9 Å². The van der Waals surface area contributed by atoms with Crippen LogP contribution in [0.25, 0.3) is 0 Å². The van der Waals surface area contributed by atoms with Crippen molar-refractivity contribution in [2.24, 2.45) is 5.73 Å². The lowest BCUT2D eigenvalue weighted by molar-refractivity contribution is -0.165. The Morgan fingerprint density at radius 2 is 2.07 bits per heavy atom. The Hall–Kier alpha value is -1.14. The molecule has 0 aromatic heterocycles. The second-order valence-electron chi connectivity index (χ2n) is 2.96. The fourth-order valence-corrected chi connectivity index (χ4v) is 0.892. The minimum atomic E-state index is -1.07. The molecule has 6 heteroatoms. The van der Waals surface area contributed by atoms with E-state index >= 15 is 0 Å². The van der Waals surface area contributed by atoms with Gasteiger partial charge in [-0.2, -0.15) is 0 Å². The van der Waals surface area contributed by atoms with Gasteiger partial charge in [-0.25, -0.2) is 5.06 Å². The average Bonchev–Trinajstić information content (AvgIpc) is 2.15. The SMILES string of the molecule is CCC(=O)N(O)CCC[C@@H](N)C(=O)O. The van der Waals surface area contributed by atoms with Crippen molar-refractivity contribution in [2.75, 3.05) is 6.54 Å². The number of carboxylic acids is 1. The van der Waals surface area contributed by atoms with E-state index in [1.54, 1.807) is 6.92 Å². The second-order valence-corrected chi connectivity index (χ2v) is 2.96. The highest BCUT2D eigenvalue weighted by molar-refractivity contribution is 5.74. The zero-order chi connectivity index (χ0) is 11.1. The van der Waals surface area contributed by atoms with Crippen molar-refractivity contribution in [1.82, 2.24) is 5.06 Å². The molecule has 4 N–H and O–H groups in total. The Morgan fingerprint density at radius 1 is 1.50 bits per heavy atom. The van der Waals surface area contributed by atoms with E-state index in [2.05, 4.69) is 0 Å². The van der Waals surface area contributed by atoms with Crippen LogP contribution in [0.4, 0.5) is 0 Å². The van der Waals surface area contributed by atoms with Gasteiger partial charge in [0.15, 0.2) is 0 Å². The lowest BCUT2D eigenvalue weighted by Gasteiger charge is -2.14. The molecule has 0 aromatic rings. The summed E-state index contributed by atoms with van der Waals surface area (Å²) in [6.07, 6.45) is 0.834. The van der Waals surface area contributed by atoms with E-state index in [9.17, 15) is 9.59 Å². The minimum absolute atomic E-state index is 0.119. The summed E-state index contributed by atoms with van der Waals surface area (Å²) >= 11 is 0. The molecule has 0 aromatic carbocycles. The quantitative estimate of drug-likeness (QED) is 0.411. The Kier molecular flexibility index (Phi) is 5.82. The van der Waals surface area contributed by atoms with Gasteiger partial charge in [-0.1, -0.05) is 6.92 Å². The third-order valence-electron chi connectivity index (χ3n) is 1.79. The lowest BCUT2D eigenvalue weighted by Crippen LogP contribution is -2.32. The first-order valence-electron chi connectivity index (χ1n) is 4.46. The molecule has 0 aliphatic heterocycles. The zero-order valence-corrected chi connectivity index (χ0v) is 8.14. The molecule has 0 fully saturated rings. The Morgan fingerprint density at radius 3 is 2.50 bits per heavy atom. The predicted octanol–water partition coefficient (Wildman–Crippen LogP) is -0.194. The van der Waals surface area contributed by atoms with Crippen LogP contribution >= 0.6 is 0 Å². The standard InChI is InChI=1S/C8H16N2O4/c1-2-7(11)10(14)5-3-4-6(9)8(12)13/h6,14H,2-5,9H2,1H3,(H,12,13)/t6-/m1/s1. The Balaban J connectivity index is 3.64. The van der Waals surface area contributed by atoms with Crippen LogP contribution in [0, 0.1) is 0 Å². The second kappa shape index (κ2) is 6.33. The molecule has 0 spiro atoms. The van der Waals surface area contributed by atoms with Crippen LogP contribution in [-0.2, 0) is 9.59 Å². The predicted molar refractivity (Wildman–Crippen MR) is 48.6 cm³/mol. The molecule has 1 atom stereocenters. The molecule has 0 unspecified atom stereocenters. The third kappa shape index (κ3) is 4.78. The van der Waals surface area contributed by atoms with Crippen LogP contribution in [-0.4, -0.2) is 39.8 Å². The van der Waals surface area contributed by atoms with Crippen molar-refractivity contribution in [3.8, 4) is 0 Å². The number of carboxylic acid groups (broad SMARTS) is 1. The van der Waals surface area contributed by atoms with Crippen LogP contribution in [0.15, 0.2) is 0 Å². The van der Waals surface area contributed by atoms with Crippen molar-refractivity contribution in [3.05, 3.63) is 0 Å². The van der Waals surface area contributed by atoms with Crippen LogP contribution in [0.5, 0.6) is 0 Å². The molecule has 0 saturated carbocycles. The summed E-state index contributed by atoms with van der Waals surface area (Å²) in [4.78, 5) is 21.1. The minimum Gasteiger partial charge on any atom is -0.480 e. The number of carbonyl (C=O) groups is 2. The maximum atomic E-state index is 10.8. The van der Waals surface area contributed by atoms with E-state index < -0.39 is 12.0 Å². The lowest BCUT2D eigenvalue weighted by atomic mass is 10.2. The van der Waals surface area contributed by atoms with Crippen LogP contribution in [0.1, 0.15) is 26.2 Å². The maximum Gasteiger partial charge on any atom is 0.320 e. The first kappa shape index (κ1) is 12.9. The fraction of sp³-hybridized carbons (Fsp3) is 0.750. The average molecular weight is 204 g/mol. The summed E-state index contributed by atoms with van der Waals surface area (Å²) < 4.78 is 0. The van der Waals surface area contributed by atoms with Gasteiger partial charge in [-0.3, -0.25) is 14.8 Å². The molecule has 0 radical (unpaired) electrons. The largest absolute Gasteiger partial charge is 0.480 e. The van der Waals surface area contributed by atoms with Crippen molar-refractivity contribution in [2.45, 2.75) is 32.2 Å². The van der Waals surface area contributed by atoms with E-state index in [4.69, 9.17) is 16.0 Å². The molecule has 82 valence electrons. The highest BCUT2D eigenvalue weighted by atomic mass is 16.5. The molecule has 6 nitrogen and oxygen atoms in total. The van der Waals surface area contributed by atoms with E-state index in [1.807, 2.05) is 0 Å². The number of hydrogen-bond donors (Lipinski definition) is 3. The topological polar surface area (TPSA) is 104 Å². The van der Waals surface area contributed by atoms with Gasteiger partial charge in [0.25, 0.3) is 0 Å². The van der Waals surface area contributed by atoms with Crippen LogP contribution in [0.3, 0.4) is 0 Å². The Labute approximate surface area is 82.3 Å². The van der Waals surface area contributed by atoms with Gasteiger partial charge < -0.3 is 10.8 Å². The van der Waals surface area contributed by atoms with Gasteiger partial charge in [0, 0.05) is 13.0 Å². The highest BCUT2D eigenvalue weighted by Crippen LogP contribution is 1.98. The molecule has 0 rings (SSSR count). The Bertz CT molecular complexity index is 208. The molecular formula is C8H16N2O4. The summed E-state index contributed by atoms with van der Waals surface area (Å²) in [6.45, 7) is 1.75. The molecule has 1 amide bonds. The summed E-state index contributed by atoms with van der Waals surface area (Å²) in [5.74, 6) is -1.45. The number of carbonyl (C=O) groups excluding carboxylic acids is 1. The van der Waals surface area contributed by atoms with Gasteiger partial charge in [-0.05, 0) is 12.8 Å². The summed E-state index contributed by atoms with van der Waals surface area (Å²) in [7, 11) is 0. The highest BCUT2D eigenvalue weighted by Gasteiger charge is 2.12. The first-order valence-corrected chi connectivity index (χ1v) is 4.46. The van der Waals surface area contributed by atoms with Crippen LogP contribution in [0.2, 0.25) is 0 Å². The third-order valence-corrected chi connectivity index (χ3v) is 1.79. The fourth-order valence-electron chi connectivity index (χ4n) is 0.892. The number of amides is 1. The number of hydroxylamine groups is 2. The molecular weight excluding hydrogens is 188 g/mol. The normalized spacial score (nSPS) is 12.2. The van der Waals surface area contributed by atoms with E-state index in [0.717, 1.165) is 0 Å². The van der Waals surface area contributed by atoms with E-state index in [0.29, 0.717) is 11.5 Å². The molecule has 14 heavy (non-hydrogen) atoms. The number of aliphatic carboxylic acids is 1. The monoisotopic (exact) mass is 204 g/mol. The maximum absolute atomic E-state index is 10.8. The molecule has 0 aliphatic rings. The number of hydrogen-bond acceptors (Lipinski definition) is 4. The number of nitrogens with zero attached hydrogens (tertiary/aromatic N) is 1. The number of rotatable bonds is 6. The van der Waals surface area contributed by atoms with Gasteiger partial charge >= 0.3 is 5.97 Å². The van der Waals surface area contributed by atoms with Gasteiger partial charge in [0.2, 0.25) is 5.91 Å². The number of nitrogens with two attached hydrogens (primary N) is 1. The van der Waals surface area contributed by atoms with Gasteiger partial charge in [0.05, 0.1) is 0 Å². The molecule has 0 saturated heterocycles. The van der Waals surface area contributed by atoms with Gasteiger partial charge in [0.1, 0.15) is 6.04 Å². The molecule has 0 bridgehead atoms. The summed E-state index contributed by atoms with van der Waals surface area (Å²) in [5.41, 5.74) is 5.23. The smallest absolute Gasteiger partial charge is 0.320 e. The van der Waals surface area contributed by atoms with Crippen molar-refractivity contribution in [3.63, 3.8) is 0 Å². The van der Waals surface area contributed by atoms with Gasteiger partial charge in [-0.15, -0.1) is 0 Å². The zero-order valence-electron chi connectivity index (χ0n) is 8.14. The molecule has 0 heterocycles.